The van der Waals surface area contributed by atoms with E-state index in [0.29, 0.717) is 34.4 Å². The average molecular weight is 497 g/mol. The minimum absolute atomic E-state index is 0.182. The minimum atomic E-state index is -0.182. The van der Waals surface area contributed by atoms with Crippen LogP contribution < -0.4 is 9.75 Å². The largest absolute Gasteiger partial charge is 0.492 e. The highest BCUT2D eigenvalue weighted by molar-refractivity contribution is 6.33. The van der Waals surface area contributed by atoms with Crippen LogP contribution in [0.3, 0.4) is 0 Å². The molecule has 2 heterocycles. The van der Waals surface area contributed by atoms with Gasteiger partial charge in [0.2, 0.25) is 0 Å². The molecule has 0 spiro atoms. The third-order valence-corrected chi connectivity index (χ3v) is 6.09. The molecule has 3 aromatic carbocycles. The maximum Gasteiger partial charge on any atom is 0.280 e. The van der Waals surface area contributed by atoms with Crippen molar-refractivity contribution in [3.63, 3.8) is 0 Å². The number of aromatic nitrogens is 2. The van der Waals surface area contributed by atoms with Crippen LogP contribution in [0.4, 0.5) is 5.69 Å². The zero-order valence-corrected chi connectivity index (χ0v) is 20.8. The van der Waals surface area contributed by atoms with Crippen molar-refractivity contribution < 1.29 is 9.53 Å². The average Bonchev–Trinajstić information content (AvgIpc) is 3.46. The predicted octanol–water partition coefficient (Wildman–Crippen LogP) is 6.79. The van der Waals surface area contributed by atoms with E-state index in [0.717, 1.165) is 28.9 Å². The van der Waals surface area contributed by atoms with Gasteiger partial charge in [-0.2, -0.15) is 15.2 Å². The number of anilines is 1. The maximum absolute atomic E-state index is 13.3. The van der Waals surface area contributed by atoms with Crippen LogP contribution in [0.15, 0.2) is 95.7 Å². The first-order chi connectivity index (χ1) is 17.5. The van der Waals surface area contributed by atoms with Gasteiger partial charge in [0.1, 0.15) is 11.4 Å². The van der Waals surface area contributed by atoms with Crippen LogP contribution in [0.1, 0.15) is 25.8 Å². The molecule has 1 amide bonds. The van der Waals surface area contributed by atoms with Gasteiger partial charge in [-0.25, -0.2) is 4.68 Å². The molecule has 5 rings (SSSR count). The molecule has 0 saturated heterocycles. The Labute approximate surface area is 215 Å². The molecule has 0 radical (unpaired) electrons. The highest BCUT2D eigenvalue weighted by Crippen LogP contribution is 2.34. The minimum Gasteiger partial charge on any atom is -0.492 e. The van der Waals surface area contributed by atoms with Crippen LogP contribution in [0, 0.1) is 0 Å². The zero-order valence-electron chi connectivity index (χ0n) is 20.1. The van der Waals surface area contributed by atoms with Gasteiger partial charge in [-0.3, -0.25) is 4.79 Å². The molecule has 0 fully saturated rings. The Morgan fingerprint density at radius 3 is 2.33 bits per heavy atom. The summed E-state index contributed by atoms with van der Waals surface area (Å²) in [5.41, 5.74) is 5.10. The Bertz CT molecular complexity index is 1460. The second kappa shape index (κ2) is 10.2. The molecule has 1 aliphatic heterocycles. The summed E-state index contributed by atoms with van der Waals surface area (Å²) in [5, 5.41) is 11.3. The van der Waals surface area contributed by atoms with Crippen molar-refractivity contribution in [1.29, 1.82) is 0 Å². The van der Waals surface area contributed by atoms with Crippen LogP contribution in [-0.2, 0) is 4.79 Å². The molecule has 0 aliphatic carbocycles. The van der Waals surface area contributed by atoms with Gasteiger partial charge in [0.15, 0.2) is 0 Å². The van der Waals surface area contributed by atoms with E-state index in [1.54, 1.807) is 4.68 Å². The number of hydrogen-bond acceptors (Lipinski definition) is 4. The summed E-state index contributed by atoms with van der Waals surface area (Å²) in [6.45, 7) is 4.48. The first-order valence-corrected chi connectivity index (χ1v) is 12.2. The fraction of sp³-hybridized carbons (Fsp3) is 0.138. The van der Waals surface area contributed by atoms with Gasteiger partial charge >= 0.3 is 0 Å². The number of halogens is 1. The predicted molar refractivity (Wildman–Crippen MR) is 145 cm³/mol. The lowest BCUT2D eigenvalue weighted by Crippen LogP contribution is -2.21. The lowest BCUT2D eigenvalue weighted by Gasteiger charge is -2.11. The molecule has 0 bridgehead atoms. The van der Waals surface area contributed by atoms with Crippen LogP contribution in [-0.4, -0.2) is 28.0 Å². The van der Waals surface area contributed by atoms with Gasteiger partial charge < -0.3 is 4.74 Å². The number of benzene rings is 3. The Morgan fingerprint density at radius 2 is 1.67 bits per heavy atom. The third kappa shape index (κ3) is 4.68. The number of hydrogen-bond donors (Lipinski definition) is 0. The number of hydrazone groups is 1. The number of nitrogens with zero attached hydrogens (tertiary/aromatic N) is 4. The molecule has 36 heavy (non-hydrogen) atoms. The van der Waals surface area contributed by atoms with Gasteiger partial charge in [-0.1, -0.05) is 54.9 Å². The van der Waals surface area contributed by atoms with Crippen molar-refractivity contribution in [2.75, 3.05) is 11.6 Å². The number of ether oxygens (including phenoxy) is 1. The summed E-state index contributed by atoms with van der Waals surface area (Å²) in [6, 6.07) is 24.9. The van der Waals surface area contributed by atoms with Crippen molar-refractivity contribution in [1.82, 2.24) is 9.78 Å². The first kappa shape index (κ1) is 23.6. The molecule has 0 atom stereocenters. The number of carbonyl (C=O) groups excluding carboxylic acids is 1. The molecule has 7 heteroatoms. The van der Waals surface area contributed by atoms with Crippen LogP contribution >= 0.6 is 11.6 Å². The van der Waals surface area contributed by atoms with Gasteiger partial charge in [-0.15, -0.1) is 0 Å². The van der Waals surface area contributed by atoms with E-state index < -0.39 is 0 Å². The first-order valence-electron chi connectivity index (χ1n) is 11.8. The quantitative estimate of drug-likeness (QED) is 0.265. The van der Waals surface area contributed by atoms with Crippen LogP contribution in [0.2, 0.25) is 5.02 Å². The summed E-state index contributed by atoms with van der Waals surface area (Å²) in [6.07, 6.45) is 4.66. The van der Waals surface area contributed by atoms with E-state index in [1.165, 1.54) is 5.01 Å². The number of rotatable bonds is 7. The van der Waals surface area contributed by atoms with Crippen LogP contribution in [0.5, 0.6) is 5.75 Å². The van der Waals surface area contributed by atoms with Gasteiger partial charge in [-0.05, 0) is 61.9 Å². The van der Waals surface area contributed by atoms with Gasteiger partial charge in [0, 0.05) is 17.3 Å². The molecule has 4 aromatic rings. The third-order valence-electron chi connectivity index (χ3n) is 5.79. The normalized spacial score (nSPS) is 14.4. The number of carbonyl (C=O) groups is 1. The van der Waals surface area contributed by atoms with E-state index in [9.17, 15) is 4.79 Å². The Balaban J connectivity index is 1.58. The lowest BCUT2D eigenvalue weighted by atomic mass is 10.0. The Kier molecular flexibility index (Phi) is 6.69. The molecule has 1 aromatic heterocycles. The van der Waals surface area contributed by atoms with Crippen molar-refractivity contribution in [2.45, 2.75) is 20.3 Å². The van der Waals surface area contributed by atoms with E-state index in [-0.39, 0.29) is 5.91 Å². The zero-order chi connectivity index (χ0) is 25.1. The topological polar surface area (TPSA) is 59.7 Å². The van der Waals surface area contributed by atoms with Crippen molar-refractivity contribution in [3.05, 3.63) is 101 Å². The van der Waals surface area contributed by atoms with Crippen molar-refractivity contribution in [2.24, 2.45) is 5.10 Å². The molecule has 1 aliphatic rings. The molecular formula is C29H25ClN4O2. The van der Waals surface area contributed by atoms with Gasteiger partial charge in [0.05, 0.1) is 34.3 Å². The highest BCUT2D eigenvalue weighted by Gasteiger charge is 2.29. The summed E-state index contributed by atoms with van der Waals surface area (Å²) >= 11 is 6.54. The maximum atomic E-state index is 13.3. The lowest BCUT2D eigenvalue weighted by molar-refractivity contribution is -0.114. The van der Waals surface area contributed by atoms with Crippen molar-refractivity contribution in [3.8, 4) is 22.7 Å². The standard InChI is InChI=1S/C29H25ClN4O2/c1-3-16-36-27-15-14-21(18-26(27)30)28-22(19-33(32-28)23-10-6-4-7-11-23)17-25-20(2)31-34(29(25)35)24-12-8-5-9-13-24/h4-15,17-19H,3,16H2,1-2H3/b25-17-. The van der Waals surface area contributed by atoms with E-state index in [4.69, 9.17) is 21.4 Å². The fourth-order valence-electron chi connectivity index (χ4n) is 3.99. The Morgan fingerprint density at radius 1 is 0.972 bits per heavy atom. The van der Waals surface area contributed by atoms with E-state index in [1.807, 2.05) is 105 Å². The molecule has 0 N–H and O–H groups in total. The molecule has 180 valence electrons. The monoisotopic (exact) mass is 496 g/mol. The molecule has 0 saturated carbocycles. The summed E-state index contributed by atoms with van der Waals surface area (Å²) in [4.78, 5) is 13.3. The summed E-state index contributed by atoms with van der Waals surface area (Å²) in [7, 11) is 0. The van der Waals surface area contributed by atoms with E-state index >= 15 is 0 Å². The van der Waals surface area contributed by atoms with Crippen LogP contribution in [0.25, 0.3) is 23.0 Å². The van der Waals surface area contributed by atoms with E-state index in [2.05, 4.69) is 5.10 Å². The number of amides is 1. The van der Waals surface area contributed by atoms with Crippen molar-refractivity contribution >= 4 is 35.0 Å². The summed E-state index contributed by atoms with van der Waals surface area (Å²) < 4.78 is 7.54. The summed E-state index contributed by atoms with van der Waals surface area (Å²) in [5.74, 6) is 0.454. The second-order valence-corrected chi connectivity index (χ2v) is 8.81. The highest BCUT2D eigenvalue weighted by atomic mass is 35.5. The molecule has 0 unspecified atom stereocenters. The molecular weight excluding hydrogens is 472 g/mol. The molecule has 6 nitrogen and oxygen atoms in total. The second-order valence-electron chi connectivity index (χ2n) is 8.40. The number of para-hydroxylation sites is 2. The fourth-order valence-corrected chi connectivity index (χ4v) is 4.23. The SMILES string of the molecule is CCCOc1ccc(-c2nn(-c3ccccc3)cc2/C=C2\C(=O)N(c3ccccc3)N=C2C)cc1Cl. The smallest absolute Gasteiger partial charge is 0.280 e. The Hall–Kier alpha value is -4.16. The van der Waals surface area contributed by atoms with Gasteiger partial charge in [0.25, 0.3) is 5.91 Å².